The fourth-order valence-electron chi connectivity index (χ4n) is 2.72. The van der Waals surface area contributed by atoms with Gasteiger partial charge in [0.2, 0.25) is 5.91 Å². The first-order chi connectivity index (χ1) is 11.1. The molecule has 6 nitrogen and oxygen atoms in total. The van der Waals surface area contributed by atoms with Gasteiger partial charge in [0.25, 0.3) is 0 Å². The second-order valence-electron chi connectivity index (χ2n) is 5.94. The Labute approximate surface area is 135 Å². The van der Waals surface area contributed by atoms with Crippen molar-refractivity contribution in [1.82, 2.24) is 24.5 Å². The van der Waals surface area contributed by atoms with Gasteiger partial charge in [-0.25, -0.2) is 9.50 Å². The maximum atomic E-state index is 12.5. The highest BCUT2D eigenvalue weighted by Gasteiger charge is 2.19. The van der Waals surface area contributed by atoms with Gasteiger partial charge in [-0.15, -0.1) is 0 Å². The second-order valence-corrected chi connectivity index (χ2v) is 5.94. The van der Waals surface area contributed by atoms with E-state index in [4.69, 9.17) is 0 Å². The quantitative estimate of drug-likeness (QED) is 0.787. The van der Waals surface area contributed by atoms with E-state index in [0.29, 0.717) is 6.54 Å². The van der Waals surface area contributed by atoms with Crippen molar-refractivity contribution in [2.45, 2.75) is 39.3 Å². The lowest BCUT2D eigenvalue weighted by molar-refractivity contribution is -0.124. The minimum Gasteiger partial charge on any atom is -0.350 e. The second kappa shape index (κ2) is 6.24. The number of hydrogen-bond donors (Lipinski definition) is 1. The molecule has 0 saturated heterocycles. The number of nitrogens with one attached hydrogen (secondary N) is 1. The van der Waals surface area contributed by atoms with Crippen molar-refractivity contribution in [2.75, 3.05) is 0 Å². The third-order valence-corrected chi connectivity index (χ3v) is 3.99. The minimum atomic E-state index is -0.292. The summed E-state index contributed by atoms with van der Waals surface area (Å²) in [5.41, 5.74) is 2.05. The molecule has 3 aromatic heterocycles. The van der Waals surface area contributed by atoms with E-state index in [1.807, 2.05) is 42.1 Å². The normalized spacial score (nSPS) is 12.7. The maximum Gasteiger partial charge on any atom is 0.243 e. The van der Waals surface area contributed by atoms with Crippen LogP contribution in [0.4, 0.5) is 0 Å². The van der Waals surface area contributed by atoms with Crippen molar-refractivity contribution in [3.8, 4) is 0 Å². The zero-order valence-corrected chi connectivity index (χ0v) is 13.6. The van der Waals surface area contributed by atoms with Crippen molar-refractivity contribution >= 4 is 11.4 Å². The van der Waals surface area contributed by atoms with Crippen molar-refractivity contribution < 1.29 is 4.79 Å². The van der Waals surface area contributed by atoms with Crippen LogP contribution >= 0.6 is 0 Å². The number of nitrogens with zero attached hydrogens (tertiary/aromatic N) is 4. The van der Waals surface area contributed by atoms with Gasteiger partial charge in [0, 0.05) is 37.3 Å². The molecule has 0 bridgehead atoms. The molecule has 1 amide bonds. The van der Waals surface area contributed by atoms with Gasteiger partial charge in [-0.1, -0.05) is 19.9 Å². The SMILES string of the molecule is CC(C)c1nccn1C(C)C(=O)NCc1cccn2nccc12. The largest absolute Gasteiger partial charge is 0.350 e. The van der Waals surface area contributed by atoms with Crippen molar-refractivity contribution in [3.63, 3.8) is 0 Å². The van der Waals surface area contributed by atoms with Crippen LogP contribution in [-0.4, -0.2) is 25.1 Å². The number of aromatic nitrogens is 4. The average Bonchev–Trinajstić information content (AvgIpc) is 3.20. The fourth-order valence-corrected chi connectivity index (χ4v) is 2.72. The standard InChI is InChI=1S/C17H21N5O/c1-12(2)16-18-8-10-21(16)13(3)17(23)19-11-14-5-4-9-22-15(14)6-7-20-22/h4-10,12-13H,11H2,1-3H3,(H,19,23). The van der Waals surface area contributed by atoms with Crippen molar-refractivity contribution in [3.05, 3.63) is 54.4 Å². The lowest BCUT2D eigenvalue weighted by Gasteiger charge is -2.18. The van der Waals surface area contributed by atoms with Crippen LogP contribution in [0, 0.1) is 0 Å². The van der Waals surface area contributed by atoms with E-state index in [-0.39, 0.29) is 17.9 Å². The van der Waals surface area contributed by atoms with Gasteiger partial charge in [0.15, 0.2) is 0 Å². The molecule has 0 fully saturated rings. The molecule has 0 spiro atoms. The molecule has 23 heavy (non-hydrogen) atoms. The van der Waals surface area contributed by atoms with Crippen LogP contribution in [0.15, 0.2) is 43.0 Å². The average molecular weight is 311 g/mol. The third kappa shape index (κ3) is 2.97. The number of amides is 1. The topological polar surface area (TPSA) is 64.2 Å². The molecule has 3 aromatic rings. The van der Waals surface area contributed by atoms with E-state index < -0.39 is 0 Å². The summed E-state index contributed by atoms with van der Waals surface area (Å²) in [7, 11) is 0. The van der Waals surface area contributed by atoms with Crippen molar-refractivity contribution in [1.29, 1.82) is 0 Å². The Bertz CT molecular complexity index is 817. The van der Waals surface area contributed by atoms with Crippen LogP contribution in [0.3, 0.4) is 0 Å². The number of carbonyl (C=O) groups excluding carboxylic acids is 1. The maximum absolute atomic E-state index is 12.5. The minimum absolute atomic E-state index is 0.0218. The number of rotatable bonds is 5. The first-order valence-electron chi connectivity index (χ1n) is 7.79. The molecule has 0 aliphatic carbocycles. The van der Waals surface area contributed by atoms with E-state index in [9.17, 15) is 4.79 Å². The summed E-state index contributed by atoms with van der Waals surface area (Å²) in [5, 5.41) is 7.21. The predicted molar refractivity (Wildman–Crippen MR) is 88.1 cm³/mol. The van der Waals surface area contributed by atoms with Gasteiger partial charge in [-0.05, 0) is 24.6 Å². The fraction of sp³-hybridized carbons (Fsp3) is 0.353. The molecule has 1 atom stereocenters. The molecule has 1 N–H and O–H groups in total. The lowest BCUT2D eigenvalue weighted by atomic mass is 10.2. The van der Waals surface area contributed by atoms with Crippen LogP contribution in [0.1, 0.15) is 44.1 Å². The molecule has 0 aliphatic heterocycles. The summed E-state index contributed by atoms with van der Waals surface area (Å²) >= 11 is 0. The molecule has 0 saturated carbocycles. The van der Waals surface area contributed by atoms with Gasteiger partial charge < -0.3 is 9.88 Å². The Kier molecular flexibility index (Phi) is 4.14. The number of fused-ring (bicyclic) bond motifs is 1. The van der Waals surface area contributed by atoms with Crippen molar-refractivity contribution in [2.24, 2.45) is 0 Å². The molecule has 0 aromatic carbocycles. The molecule has 0 aliphatic rings. The van der Waals surface area contributed by atoms with E-state index in [1.54, 1.807) is 16.9 Å². The Morgan fingerprint density at radius 2 is 2.04 bits per heavy atom. The Morgan fingerprint density at radius 1 is 1.22 bits per heavy atom. The van der Waals surface area contributed by atoms with Crippen LogP contribution in [-0.2, 0) is 11.3 Å². The zero-order chi connectivity index (χ0) is 16.4. The first kappa shape index (κ1) is 15.3. The first-order valence-corrected chi connectivity index (χ1v) is 7.79. The number of carbonyl (C=O) groups is 1. The van der Waals surface area contributed by atoms with Gasteiger partial charge in [-0.2, -0.15) is 5.10 Å². The van der Waals surface area contributed by atoms with Gasteiger partial charge >= 0.3 is 0 Å². The van der Waals surface area contributed by atoms with Gasteiger partial charge in [-0.3, -0.25) is 4.79 Å². The summed E-state index contributed by atoms with van der Waals surface area (Å²) in [6.45, 7) is 6.51. The van der Waals surface area contributed by atoms with Gasteiger partial charge in [0.1, 0.15) is 11.9 Å². The molecule has 120 valence electrons. The van der Waals surface area contributed by atoms with Crippen LogP contribution in [0.5, 0.6) is 0 Å². The van der Waals surface area contributed by atoms with Crippen LogP contribution in [0.25, 0.3) is 5.52 Å². The van der Waals surface area contributed by atoms with E-state index in [2.05, 4.69) is 29.2 Å². The summed E-state index contributed by atoms with van der Waals surface area (Å²) in [5.74, 6) is 1.18. The third-order valence-electron chi connectivity index (χ3n) is 3.99. The molecule has 1 unspecified atom stereocenters. The number of imidazole rings is 1. The molecule has 3 heterocycles. The summed E-state index contributed by atoms with van der Waals surface area (Å²) in [6, 6.07) is 5.58. The van der Waals surface area contributed by atoms with Crippen LogP contribution < -0.4 is 5.32 Å². The van der Waals surface area contributed by atoms with E-state index in [0.717, 1.165) is 16.9 Å². The van der Waals surface area contributed by atoms with Gasteiger partial charge in [0.05, 0.1) is 5.52 Å². The Hall–Kier alpha value is -2.63. The number of pyridine rings is 1. The zero-order valence-electron chi connectivity index (χ0n) is 13.6. The molecular weight excluding hydrogens is 290 g/mol. The van der Waals surface area contributed by atoms with Crippen LogP contribution in [0.2, 0.25) is 0 Å². The molecule has 0 radical (unpaired) electrons. The molecule has 3 rings (SSSR count). The summed E-state index contributed by atoms with van der Waals surface area (Å²) in [6.07, 6.45) is 7.25. The summed E-state index contributed by atoms with van der Waals surface area (Å²) < 4.78 is 3.73. The Balaban J connectivity index is 1.72. The number of hydrogen-bond acceptors (Lipinski definition) is 3. The highest BCUT2D eigenvalue weighted by molar-refractivity contribution is 5.80. The monoisotopic (exact) mass is 311 g/mol. The lowest BCUT2D eigenvalue weighted by Crippen LogP contribution is -2.31. The predicted octanol–water partition coefficient (Wildman–Crippen LogP) is 2.53. The smallest absolute Gasteiger partial charge is 0.243 e. The summed E-state index contributed by atoms with van der Waals surface area (Å²) in [4.78, 5) is 16.8. The molecular formula is C17H21N5O. The molecule has 6 heteroatoms. The van der Waals surface area contributed by atoms with E-state index >= 15 is 0 Å². The highest BCUT2D eigenvalue weighted by Crippen LogP contribution is 2.17. The van der Waals surface area contributed by atoms with E-state index in [1.165, 1.54) is 0 Å². The Morgan fingerprint density at radius 3 is 2.83 bits per heavy atom. The highest BCUT2D eigenvalue weighted by atomic mass is 16.2.